The first-order valence-electron chi connectivity index (χ1n) is 11.2. The van der Waals surface area contributed by atoms with Crippen LogP contribution in [0.2, 0.25) is 0 Å². The molecule has 2 bridgehead atoms. The minimum atomic E-state index is -1.09. The van der Waals surface area contributed by atoms with Crippen LogP contribution in [0.5, 0.6) is 5.75 Å². The molecule has 1 aromatic carbocycles. The molecule has 3 aliphatic heterocycles. The molecule has 3 fully saturated rings. The van der Waals surface area contributed by atoms with E-state index in [0.717, 1.165) is 11.3 Å². The first kappa shape index (κ1) is 23.4. The lowest BCUT2D eigenvalue weighted by atomic mass is 9.97. The van der Waals surface area contributed by atoms with E-state index < -0.39 is 48.9 Å². The summed E-state index contributed by atoms with van der Waals surface area (Å²) in [6, 6.07) is 7.14. The van der Waals surface area contributed by atoms with Crippen LogP contribution >= 0.6 is 0 Å². The number of hydrogen-bond donors (Lipinski definition) is 3. The van der Waals surface area contributed by atoms with Gasteiger partial charge >= 0.3 is 5.97 Å². The van der Waals surface area contributed by atoms with Gasteiger partial charge in [-0.15, -0.1) is 0 Å². The van der Waals surface area contributed by atoms with Crippen molar-refractivity contribution < 1.29 is 38.7 Å². The lowest BCUT2D eigenvalue weighted by molar-refractivity contribution is -0.213. The van der Waals surface area contributed by atoms with E-state index in [-0.39, 0.29) is 19.1 Å². The molecule has 0 saturated carbocycles. The summed E-state index contributed by atoms with van der Waals surface area (Å²) in [7, 11) is 1.60. The van der Waals surface area contributed by atoms with Crippen molar-refractivity contribution in [1.29, 1.82) is 0 Å². The van der Waals surface area contributed by atoms with Gasteiger partial charge in [-0.25, -0.2) is 0 Å². The third-order valence-corrected chi connectivity index (χ3v) is 6.29. The van der Waals surface area contributed by atoms with Gasteiger partial charge in [-0.1, -0.05) is 26.0 Å². The van der Waals surface area contributed by atoms with Gasteiger partial charge in [0.25, 0.3) is 0 Å². The zero-order valence-corrected chi connectivity index (χ0v) is 18.7. The Morgan fingerprint density at radius 1 is 1.22 bits per heavy atom. The minimum Gasteiger partial charge on any atom is -0.497 e. The molecule has 0 spiro atoms. The molecule has 0 aliphatic carbocycles. The summed E-state index contributed by atoms with van der Waals surface area (Å²) in [4.78, 5) is 12.3. The van der Waals surface area contributed by atoms with Crippen LogP contribution in [0.4, 0.5) is 0 Å². The third kappa shape index (κ3) is 4.93. The summed E-state index contributed by atoms with van der Waals surface area (Å²) >= 11 is 0. The molecule has 178 valence electrons. The van der Waals surface area contributed by atoms with Gasteiger partial charge in [0, 0.05) is 13.0 Å². The van der Waals surface area contributed by atoms with Crippen molar-refractivity contribution in [3.05, 3.63) is 29.8 Å². The predicted molar refractivity (Wildman–Crippen MR) is 113 cm³/mol. The lowest BCUT2D eigenvalue weighted by Gasteiger charge is -2.32. The van der Waals surface area contributed by atoms with Gasteiger partial charge in [0.05, 0.1) is 25.9 Å². The number of ether oxygens (including phenoxy) is 5. The van der Waals surface area contributed by atoms with Crippen molar-refractivity contribution in [3.8, 4) is 5.75 Å². The average Bonchev–Trinajstić information content (AvgIpc) is 3.30. The summed E-state index contributed by atoms with van der Waals surface area (Å²) < 4.78 is 29.0. The SMILES string of the molecule is COc1ccc(C2OCC3OC(OC4C(O)CNC24)C(OC(=O)CCC(C)C)C3O)cc1. The van der Waals surface area contributed by atoms with Gasteiger partial charge in [-0.05, 0) is 30.0 Å². The molecule has 3 saturated heterocycles. The van der Waals surface area contributed by atoms with E-state index in [1.165, 1.54) is 0 Å². The van der Waals surface area contributed by atoms with Crippen LogP contribution in [-0.2, 0) is 23.7 Å². The molecular weight excluding hydrogens is 418 g/mol. The number of nitrogens with one attached hydrogen (secondary N) is 1. The molecule has 0 amide bonds. The average molecular weight is 452 g/mol. The van der Waals surface area contributed by atoms with Crippen LogP contribution in [0.3, 0.4) is 0 Å². The molecule has 1 aromatic rings. The monoisotopic (exact) mass is 451 g/mol. The largest absolute Gasteiger partial charge is 0.497 e. The lowest BCUT2D eigenvalue weighted by Crippen LogP contribution is -2.47. The number of aliphatic hydroxyl groups is 2. The second kappa shape index (κ2) is 10.0. The number of benzene rings is 1. The Hall–Kier alpha value is -1.75. The highest BCUT2D eigenvalue weighted by Crippen LogP contribution is 2.36. The molecule has 9 nitrogen and oxygen atoms in total. The maximum Gasteiger partial charge on any atom is 0.306 e. The predicted octanol–water partition coefficient (Wildman–Crippen LogP) is 0.918. The van der Waals surface area contributed by atoms with Crippen LogP contribution in [0.25, 0.3) is 0 Å². The van der Waals surface area contributed by atoms with Gasteiger partial charge in [0.15, 0.2) is 12.4 Å². The number of esters is 1. The Balaban J connectivity index is 1.53. The van der Waals surface area contributed by atoms with Gasteiger partial charge < -0.3 is 39.2 Å². The Kier molecular flexibility index (Phi) is 7.34. The van der Waals surface area contributed by atoms with Crippen molar-refractivity contribution in [1.82, 2.24) is 5.32 Å². The number of β-amino-alcohol motifs (C(OH)–C–C–N with tert-alkyl or cyclic N) is 1. The van der Waals surface area contributed by atoms with E-state index in [1.54, 1.807) is 7.11 Å². The Morgan fingerprint density at radius 3 is 2.66 bits per heavy atom. The van der Waals surface area contributed by atoms with Crippen LogP contribution < -0.4 is 10.1 Å². The fraction of sp³-hybridized carbons (Fsp3) is 0.696. The molecule has 0 aromatic heterocycles. The fourth-order valence-corrected chi connectivity index (χ4v) is 4.43. The number of rotatable bonds is 6. The molecule has 3 N–H and O–H groups in total. The van der Waals surface area contributed by atoms with E-state index in [1.807, 2.05) is 38.1 Å². The zero-order valence-electron chi connectivity index (χ0n) is 18.7. The Labute approximate surface area is 187 Å². The third-order valence-electron chi connectivity index (χ3n) is 6.29. The highest BCUT2D eigenvalue weighted by molar-refractivity contribution is 5.69. The van der Waals surface area contributed by atoms with Crippen LogP contribution in [0.1, 0.15) is 38.4 Å². The summed E-state index contributed by atoms with van der Waals surface area (Å²) in [6.07, 6.45) is -4.75. The van der Waals surface area contributed by atoms with Crippen LogP contribution in [-0.4, -0.2) is 79.3 Å². The second-order valence-electron chi connectivity index (χ2n) is 9.05. The molecule has 8 unspecified atom stereocenters. The van der Waals surface area contributed by atoms with Gasteiger partial charge in [0.1, 0.15) is 30.2 Å². The van der Waals surface area contributed by atoms with Gasteiger partial charge in [0.2, 0.25) is 0 Å². The highest BCUT2D eigenvalue weighted by Gasteiger charge is 2.53. The van der Waals surface area contributed by atoms with Gasteiger partial charge in [-0.3, -0.25) is 4.79 Å². The first-order valence-corrected chi connectivity index (χ1v) is 11.2. The zero-order chi connectivity index (χ0) is 22.8. The molecular formula is C23H33NO8. The molecule has 32 heavy (non-hydrogen) atoms. The first-order chi connectivity index (χ1) is 15.4. The van der Waals surface area contributed by atoms with Crippen molar-refractivity contribution >= 4 is 5.97 Å². The van der Waals surface area contributed by atoms with Crippen molar-refractivity contribution in [2.24, 2.45) is 5.92 Å². The van der Waals surface area contributed by atoms with Crippen molar-refractivity contribution in [2.45, 2.75) is 75.6 Å². The van der Waals surface area contributed by atoms with E-state index in [4.69, 9.17) is 23.7 Å². The summed E-state index contributed by atoms with van der Waals surface area (Å²) in [5.41, 5.74) is 0.884. The molecule has 3 heterocycles. The van der Waals surface area contributed by atoms with E-state index >= 15 is 0 Å². The maximum absolute atomic E-state index is 12.3. The molecule has 9 heteroatoms. The Morgan fingerprint density at radius 2 is 1.97 bits per heavy atom. The number of fused-ring (bicyclic) bond motifs is 3. The number of aliphatic hydroxyl groups excluding tert-OH is 2. The topological polar surface area (TPSA) is 116 Å². The quantitative estimate of drug-likeness (QED) is 0.543. The number of carbonyl (C=O) groups excluding carboxylic acids is 1. The van der Waals surface area contributed by atoms with E-state index in [9.17, 15) is 15.0 Å². The number of hydrogen-bond acceptors (Lipinski definition) is 9. The van der Waals surface area contributed by atoms with Crippen LogP contribution in [0, 0.1) is 5.92 Å². The number of carbonyl (C=O) groups is 1. The van der Waals surface area contributed by atoms with E-state index in [2.05, 4.69) is 5.32 Å². The highest BCUT2D eigenvalue weighted by atomic mass is 16.7. The summed E-state index contributed by atoms with van der Waals surface area (Å²) in [5.74, 6) is 0.682. The van der Waals surface area contributed by atoms with Crippen molar-refractivity contribution in [2.75, 3.05) is 20.3 Å². The molecule has 4 rings (SSSR count). The molecule has 0 radical (unpaired) electrons. The smallest absolute Gasteiger partial charge is 0.306 e. The summed E-state index contributed by atoms with van der Waals surface area (Å²) in [5, 5.41) is 24.7. The molecule has 8 atom stereocenters. The van der Waals surface area contributed by atoms with Crippen molar-refractivity contribution in [3.63, 3.8) is 0 Å². The van der Waals surface area contributed by atoms with Gasteiger partial charge in [-0.2, -0.15) is 0 Å². The summed E-state index contributed by atoms with van der Waals surface area (Å²) in [6.45, 7) is 4.46. The molecule has 3 aliphatic rings. The van der Waals surface area contributed by atoms with Crippen LogP contribution in [0.15, 0.2) is 24.3 Å². The minimum absolute atomic E-state index is 0.0821. The fourth-order valence-electron chi connectivity index (χ4n) is 4.43. The standard InChI is InChI=1S/C23H33NO8/c1-12(2)4-9-17(26)31-22-19(27)16-11-29-20(13-5-7-14(28-3)8-6-13)18-21(15(25)10-24-18)32-23(22)30-16/h5-8,12,15-16,18-25,27H,4,9-11H2,1-3H3. The Bertz CT molecular complexity index is 772. The second-order valence-corrected chi connectivity index (χ2v) is 9.05. The number of methoxy groups -OCH3 is 1. The normalized spacial score (nSPS) is 36.8. The maximum atomic E-state index is 12.3. The van der Waals surface area contributed by atoms with E-state index in [0.29, 0.717) is 18.9 Å².